The molecule has 2 aromatic carbocycles. The number of hydrogen-bond acceptors (Lipinski definition) is 3. The van der Waals surface area contributed by atoms with Crippen molar-refractivity contribution in [2.24, 2.45) is 0 Å². The zero-order chi connectivity index (χ0) is 17.8. The third kappa shape index (κ3) is 2.08. The topological polar surface area (TPSA) is 43.9 Å². The first-order valence-electron chi connectivity index (χ1n) is 8.89. The van der Waals surface area contributed by atoms with Gasteiger partial charge in [0, 0.05) is 22.5 Å². The third-order valence-electron chi connectivity index (χ3n) is 4.86. The molecule has 4 heteroatoms. The lowest BCUT2D eigenvalue weighted by atomic mass is 10.1. The summed E-state index contributed by atoms with van der Waals surface area (Å²) in [6, 6.07) is 18.9. The average molecular weight is 341 g/mol. The molecule has 0 aliphatic carbocycles. The molecule has 0 atom stereocenters. The zero-order valence-corrected chi connectivity index (χ0v) is 15.0. The number of aryl methyl sites for hydroxylation is 1. The van der Waals surface area contributed by atoms with Crippen LogP contribution >= 0.6 is 0 Å². The van der Waals surface area contributed by atoms with Gasteiger partial charge in [0.1, 0.15) is 11.4 Å². The molecule has 4 nitrogen and oxygen atoms in total. The number of fused-ring (bicyclic) bond motifs is 4. The molecule has 0 aliphatic heterocycles. The fourth-order valence-electron chi connectivity index (χ4n) is 3.70. The third-order valence-corrected chi connectivity index (χ3v) is 4.86. The van der Waals surface area contributed by atoms with Gasteiger partial charge in [-0.3, -0.25) is 0 Å². The predicted octanol–water partition coefficient (Wildman–Crippen LogP) is 5.89. The Morgan fingerprint density at radius 3 is 2.58 bits per heavy atom. The second-order valence-corrected chi connectivity index (χ2v) is 6.98. The van der Waals surface area contributed by atoms with E-state index in [1.807, 2.05) is 19.1 Å². The van der Waals surface area contributed by atoms with Crippen LogP contribution in [0.4, 0.5) is 0 Å². The lowest BCUT2D eigenvalue weighted by Gasteiger charge is -2.13. The molecule has 0 saturated carbocycles. The van der Waals surface area contributed by atoms with Crippen LogP contribution in [-0.2, 0) is 0 Å². The Morgan fingerprint density at radius 2 is 1.73 bits per heavy atom. The summed E-state index contributed by atoms with van der Waals surface area (Å²) in [4.78, 5) is 9.48. The second kappa shape index (κ2) is 5.43. The highest BCUT2D eigenvalue weighted by Gasteiger charge is 2.19. The lowest BCUT2D eigenvalue weighted by molar-refractivity contribution is 0.621. The maximum Gasteiger partial charge on any atom is 0.227 e. The molecule has 0 bridgehead atoms. The minimum atomic E-state index is 0.289. The number of rotatable bonds is 2. The quantitative estimate of drug-likeness (QED) is 0.402. The van der Waals surface area contributed by atoms with Crippen LogP contribution in [0.2, 0.25) is 0 Å². The van der Waals surface area contributed by atoms with Gasteiger partial charge in [0.25, 0.3) is 0 Å². The van der Waals surface area contributed by atoms with Gasteiger partial charge in [-0.2, -0.15) is 0 Å². The maximum absolute atomic E-state index is 6.19. The van der Waals surface area contributed by atoms with Gasteiger partial charge in [0.05, 0.1) is 16.6 Å². The molecule has 0 spiro atoms. The van der Waals surface area contributed by atoms with Crippen molar-refractivity contribution >= 4 is 33.1 Å². The molecule has 5 rings (SSSR count). The van der Waals surface area contributed by atoms with Crippen LogP contribution in [0.25, 0.3) is 44.5 Å². The summed E-state index contributed by atoms with van der Waals surface area (Å²) in [6.45, 7) is 6.34. The lowest BCUT2D eigenvalue weighted by Crippen LogP contribution is -2.03. The van der Waals surface area contributed by atoms with Crippen LogP contribution < -0.4 is 0 Å². The summed E-state index contributed by atoms with van der Waals surface area (Å²) >= 11 is 0. The Bertz CT molecular complexity index is 1280. The van der Waals surface area contributed by atoms with E-state index in [0.717, 1.165) is 44.5 Å². The average Bonchev–Trinajstić information content (AvgIpc) is 3.19. The smallest absolute Gasteiger partial charge is 0.227 e. The van der Waals surface area contributed by atoms with Gasteiger partial charge in [0.15, 0.2) is 0 Å². The Labute approximate surface area is 151 Å². The van der Waals surface area contributed by atoms with Crippen molar-refractivity contribution in [3.8, 4) is 11.4 Å². The van der Waals surface area contributed by atoms with Gasteiger partial charge < -0.3 is 8.98 Å². The molecule has 5 aromatic rings. The van der Waals surface area contributed by atoms with E-state index in [1.54, 1.807) is 0 Å². The monoisotopic (exact) mass is 341 g/mol. The van der Waals surface area contributed by atoms with Crippen LogP contribution in [-0.4, -0.2) is 14.5 Å². The summed E-state index contributed by atoms with van der Waals surface area (Å²) in [6.07, 6.45) is 0. The summed E-state index contributed by atoms with van der Waals surface area (Å²) < 4.78 is 8.46. The fourth-order valence-corrected chi connectivity index (χ4v) is 3.70. The molecule has 0 amide bonds. The molecule has 128 valence electrons. The van der Waals surface area contributed by atoms with Crippen molar-refractivity contribution in [3.63, 3.8) is 0 Å². The van der Waals surface area contributed by atoms with Crippen molar-refractivity contribution in [2.45, 2.75) is 26.8 Å². The largest absolute Gasteiger partial charge is 0.437 e. The zero-order valence-electron chi connectivity index (χ0n) is 15.0. The first-order chi connectivity index (χ1) is 12.6. The first kappa shape index (κ1) is 15.1. The van der Waals surface area contributed by atoms with Crippen molar-refractivity contribution in [2.75, 3.05) is 0 Å². The van der Waals surface area contributed by atoms with Gasteiger partial charge in [-0.25, -0.2) is 9.97 Å². The fraction of sp³-hybridized carbons (Fsp3) is 0.182. The number of para-hydroxylation sites is 3. The highest BCUT2D eigenvalue weighted by Crippen LogP contribution is 2.37. The Balaban J connectivity index is 1.89. The Morgan fingerprint density at radius 1 is 0.885 bits per heavy atom. The number of benzene rings is 2. The van der Waals surface area contributed by atoms with Crippen molar-refractivity contribution < 1.29 is 4.42 Å². The van der Waals surface area contributed by atoms with Gasteiger partial charge in [-0.1, -0.05) is 24.3 Å². The molecule has 3 heterocycles. The summed E-state index contributed by atoms with van der Waals surface area (Å²) in [7, 11) is 0. The molecule has 0 fully saturated rings. The minimum absolute atomic E-state index is 0.289. The van der Waals surface area contributed by atoms with E-state index in [9.17, 15) is 0 Å². The summed E-state index contributed by atoms with van der Waals surface area (Å²) in [5, 5.41) is 2.12. The van der Waals surface area contributed by atoms with Gasteiger partial charge in [0.2, 0.25) is 5.71 Å². The predicted molar refractivity (Wildman–Crippen MR) is 105 cm³/mol. The van der Waals surface area contributed by atoms with Gasteiger partial charge >= 0.3 is 0 Å². The molecule has 0 aliphatic rings. The number of aromatic nitrogens is 3. The van der Waals surface area contributed by atoms with Crippen LogP contribution in [0.1, 0.15) is 25.6 Å². The Kier molecular flexibility index (Phi) is 3.16. The number of hydrogen-bond donors (Lipinski definition) is 0. The van der Waals surface area contributed by atoms with E-state index in [-0.39, 0.29) is 6.04 Å². The molecule has 3 aromatic heterocycles. The Hall–Kier alpha value is -3.14. The summed E-state index contributed by atoms with van der Waals surface area (Å²) in [5.41, 5.74) is 5.62. The van der Waals surface area contributed by atoms with E-state index in [4.69, 9.17) is 9.40 Å². The number of pyridine rings is 1. The van der Waals surface area contributed by atoms with Gasteiger partial charge in [-0.05, 0) is 51.1 Å². The maximum atomic E-state index is 6.19. The SMILES string of the molecule is Cc1ccc2c(n1)oc1c(-c3nc4ccccc4n3C(C)C)cccc12. The standard InChI is InChI=1S/C22H19N3O/c1-13(2)25-19-10-5-4-9-18(19)24-21(25)17-8-6-7-15-16-12-11-14(3)23-22(16)26-20(15)17/h4-13H,1-3H3. The van der Waals surface area contributed by atoms with Crippen molar-refractivity contribution in [1.82, 2.24) is 14.5 Å². The van der Waals surface area contributed by atoms with E-state index < -0.39 is 0 Å². The van der Waals surface area contributed by atoms with Crippen LogP contribution in [0.3, 0.4) is 0 Å². The number of furan rings is 1. The van der Waals surface area contributed by atoms with E-state index in [0.29, 0.717) is 5.71 Å². The number of nitrogens with zero attached hydrogens (tertiary/aromatic N) is 3. The molecule has 0 radical (unpaired) electrons. The molecule has 0 N–H and O–H groups in total. The molecule has 26 heavy (non-hydrogen) atoms. The normalized spacial score (nSPS) is 12.0. The van der Waals surface area contributed by atoms with E-state index >= 15 is 0 Å². The molecular formula is C22H19N3O. The molecule has 0 saturated heterocycles. The van der Waals surface area contributed by atoms with Crippen LogP contribution in [0.15, 0.2) is 59.0 Å². The van der Waals surface area contributed by atoms with E-state index in [1.165, 1.54) is 0 Å². The number of imidazole rings is 1. The van der Waals surface area contributed by atoms with Crippen LogP contribution in [0.5, 0.6) is 0 Å². The van der Waals surface area contributed by atoms with Gasteiger partial charge in [-0.15, -0.1) is 0 Å². The van der Waals surface area contributed by atoms with Crippen molar-refractivity contribution in [1.29, 1.82) is 0 Å². The highest BCUT2D eigenvalue weighted by molar-refractivity contribution is 6.08. The first-order valence-corrected chi connectivity index (χ1v) is 8.89. The van der Waals surface area contributed by atoms with Crippen molar-refractivity contribution in [3.05, 3.63) is 60.3 Å². The van der Waals surface area contributed by atoms with Crippen LogP contribution in [0, 0.1) is 6.92 Å². The molecule has 0 unspecified atom stereocenters. The second-order valence-electron chi connectivity index (χ2n) is 6.98. The molecular weight excluding hydrogens is 322 g/mol. The summed E-state index contributed by atoms with van der Waals surface area (Å²) in [5.74, 6) is 0.933. The highest BCUT2D eigenvalue weighted by atomic mass is 16.3. The van der Waals surface area contributed by atoms with E-state index in [2.05, 4.69) is 65.9 Å². The minimum Gasteiger partial charge on any atom is -0.437 e.